The van der Waals surface area contributed by atoms with E-state index in [9.17, 15) is 13.2 Å². The van der Waals surface area contributed by atoms with Crippen LogP contribution in [0.2, 0.25) is 0 Å². The Kier molecular flexibility index (Phi) is 7.31. The second-order valence-electron chi connectivity index (χ2n) is 8.90. The molecule has 1 N–H and O–H groups in total. The number of rotatable bonds is 8. The van der Waals surface area contributed by atoms with Crippen LogP contribution in [0.4, 0.5) is 0 Å². The fraction of sp³-hybridized carbons (Fsp3) is 0.241. The van der Waals surface area contributed by atoms with Crippen LogP contribution in [-0.2, 0) is 15.6 Å². The summed E-state index contributed by atoms with van der Waals surface area (Å²) in [4.78, 5) is 18.8. The fourth-order valence-corrected chi connectivity index (χ4v) is 5.21. The van der Waals surface area contributed by atoms with Gasteiger partial charge in [0.25, 0.3) is 5.91 Å². The predicted octanol–water partition coefficient (Wildman–Crippen LogP) is 6.11. The van der Waals surface area contributed by atoms with Crippen LogP contribution < -0.4 is 5.32 Å². The molecule has 180 valence electrons. The van der Waals surface area contributed by atoms with Crippen LogP contribution in [0, 0.1) is 0 Å². The summed E-state index contributed by atoms with van der Waals surface area (Å²) in [5.41, 5.74) is 3.75. The van der Waals surface area contributed by atoms with Crippen molar-refractivity contribution in [3.05, 3.63) is 102 Å². The summed E-state index contributed by atoms with van der Waals surface area (Å²) in [6, 6.07) is 26.4. The van der Waals surface area contributed by atoms with Gasteiger partial charge in [-0.2, -0.15) is 0 Å². The molecule has 1 atom stereocenters. The first kappa shape index (κ1) is 24.6. The summed E-state index contributed by atoms with van der Waals surface area (Å²) in [5.74, 6) is -0.567. The van der Waals surface area contributed by atoms with Gasteiger partial charge in [-0.25, -0.2) is 13.4 Å². The lowest BCUT2D eigenvalue weighted by atomic mass is 9.96. The van der Waals surface area contributed by atoms with Crippen molar-refractivity contribution < 1.29 is 13.2 Å². The van der Waals surface area contributed by atoms with Crippen molar-refractivity contribution in [2.24, 2.45) is 0 Å². The minimum Gasteiger partial charge on any atom is -0.345 e. The molecule has 0 aliphatic heterocycles. The van der Waals surface area contributed by atoms with E-state index in [2.05, 4.69) is 5.32 Å². The molecular weight excluding hydrogens is 456 g/mol. The van der Waals surface area contributed by atoms with Gasteiger partial charge in [-0.1, -0.05) is 85.8 Å². The van der Waals surface area contributed by atoms with Gasteiger partial charge in [-0.05, 0) is 31.9 Å². The Morgan fingerprint density at radius 1 is 0.886 bits per heavy atom. The van der Waals surface area contributed by atoms with Crippen molar-refractivity contribution >= 4 is 26.6 Å². The second kappa shape index (κ2) is 10.4. The maximum absolute atomic E-state index is 13.9. The molecule has 0 unspecified atom stereocenters. The Balaban J connectivity index is 1.95. The number of nitrogens with one attached hydrogen (secondary N) is 1. The molecule has 0 spiro atoms. The van der Waals surface area contributed by atoms with Crippen LogP contribution in [0.1, 0.15) is 54.7 Å². The fourth-order valence-electron chi connectivity index (χ4n) is 4.19. The third kappa shape index (κ3) is 5.28. The standard InChI is InChI=1S/C29H30N2O3S/c1-4-25(21-13-7-5-8-14-21)31-29(32)27-23-17-11-12-18-26(23)30-28(22-15-9-6-10-16-22)24(27)19-35(33,34)20(2)3/h5-18,20,25H,4,19H2,1-3H3,(H,31,32)/t25-/m0/s1. The van der Waals surface area contributed by atoms with Crippen LogP contribution in [0.5, 0.6) is 0 Å². The number of nitrogens with zero attached hydrogens (tertiary/aromatic N) is 1. The minimum absolute atomic E-state index is 0.203. The highest BCUT2D eigenvalue weighted by atomic mass is 32.2. The van der Waals surface area contributed by atoms with E-state index >= 15 is 0 Å². The first-order chi connectivity index (χ1) is 16.8. The summed E-state index contributed by atoms with van der Waals surface area (Å²) in [6.45, 7) is 5.34. The molecule has 35 heavy (non-hydrogen) atoms. The lowest BCUT2D eigenvalue weighted by molar-refractivity contribution is 0.0936. The van der Waals surface area contributed by atoms with Crippen LogP contribution in [0.25, 0.3) is 22.2 Å². The molecular formula is C29H30N2O3S. The lowest BCUT2D eigenvalue weighted by Crippen LogP contribution is -2.30. The van der Waals surface area contributed by atoms with Gasteiger partial charge in [0.2, 0.25) is 0 Å². The first-order valence-electron chi connectivity index (χ1n) is 11.9. The van der Waals surface area contributed by atoms with E-state index in [-0.39, 0.29) is 17.7 Å². The summed E-state index contributed by atoms with van der Waals surface area (Å²) in [6.07, 6.45) is 0.698. The van der Waals surface area contributed by atoms with Crippen LogP contribution >= 0.6 is 0 Å². The van der Waals surface area contributed by atoms with E-state index in [0.717, 1.165) is 11.1 Å². The minimum atomic E-state index is -3.51. The highest BCUT2D eigenvalue weighted by molar-refractivity contribution is 7.91. The molecule has 1 aromatic heterocycles. The monoisotopic (exact) mass is 486 g/mol. The molecule has 1 heterocycles. The molecule has 4 aromatic rings. The number of amides is 1. The second-order valence-corrected chi connectivity index (χ2v) is 11.5. The maximum Gasteiger partial charge on any atom is 0.252 e. The van der Waals surface area contributed by atoms with E-state index in [1.54, 1.807) is 13.8 Å². The van der Waals surface area contributed by atoms with Crippen molar-refractivity contribution in [3.8, 4) is 11.3 Å². The molecule has 3 aromatic carbocycles. The molecule has 0 saturated heterocycles. The van der Waals surface area contributed by atoms with Crippen LogP contribution in [0.3, 0.4) is 0 Å². The zero-order chi connectivity index (χ0) is 25.0. The van der Waals surface area contributed by atoms with Gasteiger partial charge in [0.15, 0.2) is 9.84 Å². The number of fused-ring (bicyclic) bond motifs is 1. The normalized spacial score (nSPS) is 12.6. The molecule has 0 aliphatic rings. The van der Waals surface area contributed by atoms with E-state index in [1.165, 1.54) is 0 Å². The maximum atomic E-state index is 13.9. The SMILES string of the molecule is CC[C@H](NC(=O)c1c(CS(=O)(=O)C(C)C)c(-c2ccccc2)nc2ccccc12)c1ccccc1. The number of carbonyl (C=O) groups excluding carboxylic acids is 1. The molecule has 0 saturated carbocycles. The zero-order valence-electron chi connectivity index (χ0n) is 20.2. The third-order valence-corrected chi connectivity index (χ3v) is 8.37. The quantitative estimate of drug-likeness (QED) is 0.326. The molecule has 0 radical (unpaired) electrons. The van der Waals surface area contributed by atoms with Crippen molar-refractivity contribution in [3.63, 3.8) is 0 Å². The first-order valence-corrected chi connectivity index (χ1v) is 13.6. The number of para-hydroxylation sites is 1. The molecule has 4 rings (SSSR count). The molecule has 0 aliphatic carbocycles. The van der Waals surface area contributed by atoms with Crippen LogP contribution in [0.15, 0.2) is 84.9 Å². The summed E-state index contributed by atoms with van der Waals surface area (Å²) >= 11 is 0. The Morgan fingerprint density at radius 3 is 2.11 bits per heavy atom. The van der Waals surface area contributed by atoms with Gasteiger partial charge >= 0.3 is 0 Å². The van der Waals surface area contributed by atoms with Crippen molar-refractivity contribution in [1.82, 2.24) is 10.3 Å². The van der Waals surface area contributed by atoms with Crippen molar-refractivity contribution in [2.75, 3.05) is 0 Å². The lowest BCUT2D eigenvalue weighted by Gasteiger charge is -2.22. The summed E-state index contributed by atoms with van der Waals surface area (Å²) in [5, 5.41) is 3.22. The number of hydrogen-bond donors (Lipinski definition) is 1. The van der Waals surface area contributed by atoms with E-state index in [4.69, 9.17) is 4.98 Å². The molecule has 1 amide bonds. The van der Waals surface area contributed by atoms with Gasteiger partial charge in [0.1, 0.15) is 0 Å². The average molecular weight is 487 g/mol. The Morgan fingerprint density at radius 2 is 1.49 bits per heavy atom. The molecule has 0 fully saturated rings. The number of hydrogen-bond acceptors (Lipinski definition) is 4. The van der Waals surface area contributed by atoms with Gasteiger partial charge in [0.05, 0.1) is 33.8 Å². The van der Waals surface area contributed by atoms with E-state index < -0.39 is 15.1 Å². The number of benzene rings is 3. The number of sulfone groups is 1. The number of aromatic nitrogens is 1. The van der Waals surface area contributed by atoms with Crippen LogP contribution in [-0.4, -0.2) is 24.6 Å². The van der Waals surface area contributed by atoms with Gasteiger partial charge in [0, 0.05) is 16.5 Å². The Hall–Kier alpha value is -3.51. The van der Waals surface area contributed by atoms with E-state index in [0.29, 0.717) is 34.1 Å². The van der Waals surface area contributed by atoms with Gasteiger partial charge in [-0.3, -0.25) is 4.79 Å². The number of pyridine rings is 1. The van der Waals surface area contributed by atoms with Gasteiger partial charge < -0.3 is 5.32 Å². The molecule has 5 nitrogen and oxygen atoms in total. The topological polar surface area (TPSA) is 76.1 Å². The third-order valence-electron chi connectivity index (χ3n) is 6.25. The Bertz CT molecular complexity index is 1430. The largest absolute Gasteiger partial charge is 0.345 e. The highest BCUT2D eigenvalue weighted by Gasteiger charge is 2.28. The Labute approximate surface area is 207 Å². The van der Waals surface area contributed by atoms with Gasteiger partial charge in [-0.15, -0.1) is 0 Å². The van der Waals surface area contributed by atoms with E-state index in [1.807, 2.05) is 91.9 Å². The zero-order valence-corrected chi connectivity index (χ0v) is 21.0. The predicted molar refractivity (Wildman–Crippen MR) is 142 cm³/mol. The number of carbonyl (C=O) groups is 1. The molecule has 0 bridgehead atoms. The summed E-state index contributed by atoms with van der Waals surface area (Å²) < 4.78 is 26.3. The average Bonchev–Trinajstić information content (AvgIpc) is 2.87. The summed E-state index contributed by atoms with van der Waals surface area (Å²) in [7, 11) is -3.51. The van der Waals surface area contributed by atoms with Crippen molar-refractivity contribution in [1.29, 1.82) is 0 Å². The van der Waals surface area contributed by atoms with Crippen molar-refractivity contribution in [2.45, 2.75) is 44.2 Å². The molecule has 6 heteroatoms. The smallest absolute Gasteiger partial charge is 0.252 e. The highest BCUT2D eigenvalue weighted by Crippen LogP contribution is 2.33.